The van der Waals surface area contributed by atoms with Gasteiger partial charge in [-0.3, -0.25) is 4.79 Å². The molecule has 0 aromatic carbocycles. The first kappa shape index (κ1) is 14.9. The van der Waals surface area contributed by atoms with Crippen molar-refractivity contribution >= 4 is 17.5 Å². The smallest absolute Gasteiger partial charge is 0.269 e. The maximum absolute atomic E-state index is 12.3. The third-order valence-electron chi connectivity index (χ3n) is 3.51. The highest BCUT2D eigenvalue weighted by molar-refractivity contribution is 6.35. The van der Waals surface area contributed by atoms with Crippen molar-refractivity contribution in [1.29, 1.82) is 5.26 Å². The van der Waals surface area contributed by atoms with Crippen LogP contribution >= 0.6 is 11.6 Å². The number of aryl methyl sites for hydroxylation is 1. The van der Waals surface area contributed by atoms with Crippen molar-refractivity contribution in [2.75, 3.05) is 20.2 Å². The van der Waals surface area contributed by atoms with Gasteiger partial charge in [-0.1, -0.05) is 11.6 Å². The summed E-state index contributed by atoms with van der Waals surface area (Å²) in [7, 11) is 1.62. The lowest BCUT2D eigenvalue weighted by molar-refractivity contribution is 0.0475. The van der Waals surface area contributed by atoms with Gasteiger partial charge in [-0.15, -0.1) is 0 Å². The number of carbonyl (C=O) groups excluding carboxylic acids is 1. The number of nitrogens with zero attached hydrogens (tertiary/aromatic N) is 1. The average molecular weight is 297 g/mol. The molecule has 1 saturated heterocycles. The van der Waals surface area contributed by atoms with Crippen molar-refractivity contribution in [1.82, 2.24) is 15.6 Å². The summed E-state index contributed by atoms with van der Waals surface area (Å²) in [6.45, 7) is 3.23. The largest absolute Gasteiger partial charge is 0.378 e. The zero-order valence-corrected chi connectivity index (χ0v) is 12.2. The van der Waals surface area contributed by atoms with Gasteiger partial charge in [0, 0.05) is 19.3 Å². The summed E-state index contributed by atoms with van der Waals surface area (Å²) in [6.07, 6.45) is 0.713. The topological polar surface area (TPSA) is 89.9 Å². The van der Waals surface area contributed by atoms with E-state index in [-0.39, 0.29) is 28.8 Å². The molecule has 0 bridgehead atoms. The van der Waals surface area contributed by atoms with Crippen molar-refractivity contribution in [3.05, 3.63) is 22.0 Å². The number of hydrogen-bond donors (Lipinski definition) is 3. The number of rotatable bonds is 3. The van der Waals surface area contributed by atoms with Crippen LogP contribution in [0.5, 0.6) is 0 Å². The van der Waals surface area contributed by atoms with E-state index in [1.54, 1.807) is 14.0 Å². The molecule has 7 heteroatoms. The lowest BCUT2D eigenvalue weighted by Gasteiger charge is -2.31. The highest BCUT2D eigenvalue weighted by Gasteiger charge is 2.28. The third-order valence-corrected chi connectivity index (χ3v) is 3.89. The van der Waals surface area contributed by atoms with Crippen molar-refractivity contribution in [3.63, 3.8) is 0 Å². The van der Waals surface area contributed by atoms with Gasteiger partial charge >= 0.3 is 0 Å². The lowest BCUT2D eigenvalue weighted by atomic mass is 10.0. The van der Waals surface area contributed by atoms with Crippen molar-refractivity contribution in [3.8, 4) is 6.07 Å². The maximum atomic E-state index is 12.3. The quantitative estimate of drug-likeness (QED) is 0.775. The van der Waals surface area contributed by atoms with E-state index in [2.05, 4.69) is 15.6 Å². The molecule has 2 atom stereocenters. The van der Waals surface area contributed by atoms with Gasteiger partial charge in [0.2, 0.25) is 0 Å². The number of nitrogens with one attached hydrogen (secondary N) is 3. The Labute approximate surface area is 122 Å². The van der Waals surface area contributed by atoms with Crippen LogP contribution in [0.2, 0.25) is 5.02 Å². The van der Waals surface area contributed by atoms with Crippen LogP contribution in [0.4, 0.5) is 0 Å². The molecule has 0 radical (unpaired) electrons. The number of halogens is 1. The van der Waals surface area contributed by atoms with E-state index in [4.69, 9.17) is 21.6 Å². The first-order valence-corrected chi connectivity index (χ1v) is 6.78. The van der Waals surface area contributed by atoms with E-state index in [0.29, 0.717) is 17.8 Å². The fourth-order valence-electron chi connectivity index (χ4n) is 2.37. The van der Waals surface area contributed by atoms with Crippen LogP contribution in [0.25, 0.3) is 0 Å². The molecule has 2 rings (SSSR count). The van der Waals surface area contributed by atoms with Gasteiger partial charge in [-0.05, 0) is 19.9 Å². The standard InChI is InChI=1S/C13H17ClN4O2/c1-7-8(5-15)11(14)12(17-7)13(19)18-9-3-4-16-6-10(9)20-2/h9-10,16-17H,3-4,6H2,1-2H3,(H,18,19)/t9-,10-/m1/s1. The summed E-state index contributed by atoms with van der Waals surface area (Å²) >= 11 is 6.05. The summed E-state index contributed by atoms with van der Waals surface area (Å²) in [5.74, 6) is -0.312. The molecular weight excluding hydrogens is 280 g/mol. The monoisotopic (exact) mass is 296 g/mol. The van der Waals surface area contributed by atoms with Crippen LogP contribution in [0.1, 0.15) is 28.2 Å². The van der Waals surface area contributed by atoms with Gasteiger partial charge in [-0.2, -0.15) is 5.26 Å². The lowest BCUT2D eigenvalue weighted by Crippen LogP contribution is -2.53. The summed E-state index contributed by atoms with van der Waals surface area (Å²) < 4.78 is 5.35. The van der Waals surface area contributed by atoms with Crippen molar-refractivity contribution in [2.45, 2.75) is 25.5 Å². The summed E-state index contributed by atoms with van der Waals surface area (Å²) in [6, 6.07) is 1.91. The Kier molecular flexibility index (Phi) is 4.65. The molecule has 0 saturated carbocycles. The first-order valence-electron chi connectivity index (χ1n) is 6.41. The molecule has 1 aliphatic rings. The predicted octanol–water partition coefficient (Wildman–Crippen LogP) is 0.955. The molecule has 0 aliphatic carbocycles. The number of aromatic nitrogens is 1. The molecule has 1 aliphatic heterocycles. The molecule has 2 heterocycles. The normalized spacial score (nSPS) is 22.3. The number of piperidine rings is 1. The van der Waals surface area contributed by atoms with Gasteiger partial charge in [0.15, 0.2) is 0 Å². The molecule has 1 fully saturated rings. The maximum Gasteiger partial charge on any atom is 0.269 e. The van der Waals surface area contributed by atoms with Crippen LogP contribution in [0, 0.1) is 18.3 Å². The summed E-state index contributed by atoms with van der Waals surface area (Å²) in [5, 5.41) is 15.3. The second-order valence-electron chi connectivity index (χ2n) is 4.77. The molecule has 0 spiro atoms. The van der Waals surface area contributed by atoms with E-state index >= 15 is 0 Å². The van der Waals surface area contributed by atoms with E-state index < -0.39 is 0 Å². The number of H-pyrrole nitrogens is 1. The number of methoxy groups -OCH3 is 1. The molecule has 20 heavy (non-hydrogen) atoms. The van der Waals surface area contributed by atoms with E-state index in [1.807, 2.05) is 6.07 Å². The Bertz CT molecular complexity index is 549. The zero-order valence-electron chi connectivity index (χ0n) is 11.4. The SMILES string of the molecule is CO[C@@H]1CNCC[C@H]1NC(=O)c1[nH]c(C)c(C#N)c1Cl. The second kappa shape index (κ2) is 6.27. The van der Waals surface area contributed by atoms with Gasteiger partial charge < -0.3 is 20.4 Å². The van der Waals surface area contributed by atoms with Gasteiger partial charge in [-0.25, -0.2) is 0 Å². The molecule has 6 nitrogen and oxygen atoms in total. The number of carbonyl (C=O) groups is 1. The minimum absolute atomic E-state index is 0.0704. The minimum atomic E-state index is -0.312. The number of nitriles is 1. The highest BCUT2D eigenvalue weighted by Crippen LogP contribution is 2.23. The van der Waals surface area contributed by atoms with Crippen LogP contribution in [-0.4, -0.2) is 43.2 Å². The Hall–Kier alpha value is -1.55. The molecule has 1 aromatic rings. The Morgan fingerprint density at radius 3 is 2.95 bits per heavy atom. The molecule has 0 unspecified atom stereocenters. The Morgan fingerprint density at radius 1 is 1.60 bits per heavy atom. The van der Waals surface area contributed by atoms with Crippen molar-refractivity contribution in [2.24, 2.45) is 0 Å². The first-order chi connectivity index (χ1) is 9.58. The van der Waals surface area contributed by atoms with E-state index in [9.17, 15) is 4.79 Å². The van der Waals surface area contributed by atoms with Crippen LogP contribution in [0.15, 0.2) is 0 Å². The summed E-state index contributed by atoms with van der Waals surface area (Å²) in [5.41, 5.74) is 1.13. The Morgan fingerprint density at radius 2 is 2.35 bits per heavy atom. The van der Waals surface area contributed by atoms with Crippen LogP contribution < -0.4 is 10.6 Å². The molecular formula is C13H17ClN4O2. The molecule has 1 amide bonds. The van der Waals surface area contributed by atoms with Crippen molar-refractivity contribution < 1.29 is 9.53 Å². The van der Waals surface area contributed by atoms with Gasteiger partial charge in [0.05, 0.1) is 22.7 Å². The second-order valence-corrected chi connectivity index (χ2v) is 5.15. The van der Waals surface area contributed by atoms with Gasteiger partial charge in [0.25, 0.3) is 5.91 Å². The number of aromatic amines is 1. The number of amides is 1. The fraction of sp³-hybridized carbons (Fsp3) is 0.538. The zero-order chi connectivity index (χ0) is 14.7. The third kappa shape index (κ3) is 2.80. The van der Waals surface area contributed by atoms with Crippen LogP contribution in [0.3, 0.4) is 0 Å². The number of ether oxygens (including phenoxy) is 1. The fourth-order valence-corrected chi connectivity index (χ4v) is 2.68. The molecule has 1 aromatic heterocycles. The number of hydrogen-bond acceptors (Lipinski definition) is 4. The Balaban J connectivity index is 2.14. The van der Waals surface area contributed by atoms with E-state index in [1.165, 1.54) is 0 Å². The summed E-state index contributed by atoms with van der Waals surface area (Å²) in [4.78, 5) is 15.1. The average Bonchev–Trinajstić information content (AvgIpc) is 2.74. The molecule has 108 valence electrons. The molecule has 3 N–H and O–H groups in total. The minimum Gasteiger partial charge on any atom is -0.378 e. The van der Waals surface area contributed by atoms with E-state index in [0.717, 1.165) is 13.0 Å². The predicted molar refractivity (Wildman–Crippen MR) is 74.8 cm³/mol. The van der Waals surface area contributed by atoms with Crippen LogP contribution in [-0.2, 0) is 4.74 Å². The highest BCUT2D eigenvalue weighted by atomic mass is 35.5. The van der Waals surface area contributed by atoms with Gasteiger partial charge in [0.1, 0.15) is 11.8 Å².